The Morgan fingerprint density at radius 2 is 1.75 bits per heavy atom. The summed E-state index contributed by atoms with van der Waals surface area (Å²) in [7, 11) is 0. The Kier molecular flexibility index (Phi) is 5.92. The van der Waals surface area contributed by atoms with E-state index in [0.29, 0.717) is 30.2 Å². The fourth-order valence-electron chi connectivity index (χ4n) is 2.59. The van der Waals surface area contributed by atoms with Crippen LogP contribution < -0.4 is 0 Å². The molecule has 0 aliphatic carbocycles. The molecule has 1 aliphatic rings. The average molecular weight is 301 g/mol. The molecule has 0 aromatic heterocycles. The van der Waals surface area contributed by atoms with Crippen LogP contribution in [0, 0.1) is 11.3 Å². The van der Waals surface area contributed by atoms with E-state index in [1.165, 1.54) is 0 Å². The lowest BCUT2D eigenvalue weighted by Crippen LogP contribution is -2.51. The molecule has 0 saturated carbocycles. The molecule has 0 spiro atoms. The van der Waals surface area contributed by atoms with E-state index in [0.717, 1.165) is 0 Å². The van der Waals surface area contributed by atoms with Crippen LogP contribution in [0.4, 0.5) is 0 Å². The monoisotopic (exact) mass is 301 g/mol. The van der Waals surface area contributed by atoms with Crippen molar-refractivity contribution in [3.05, 3.63) is 0 Å². The van der Waals surface area contributed by atoms with Crippen LogP contribution in [-0.2, 0) is 14.3 Å². The smallest absolute Gasteiger partial charge is 0.319 e. The van der Waals surface area contributed by atoms with Gasteiger partial charge in [-0.3, -0.25) is 9.59 Å². The highest BCUT2D eigenvalue weighted by molar-refractivity contribution is 8.00. The van der Waals surface area contributed by atoms with Gasteiger partial charge in [0.2, 0.25) is 5.91 Å². The summed E-state index contributed by atoms with van der Waals surface area (Å²) in [6.45, 7) is 13.5. The molecule has 116 valence electrons. The van der Waals surface area contributed by atoms with E-state index in [4.69, 9.17) is 4.74 Å². The molecule has 1 aliphatic heterocycles. The van der Waals surface area contributed by atoms with E-state index in [9.17, 15) is 9.59 Å². The number of thioether (sulfide) groups is 1. The Balaban J connectivity index is 2.90. The number of nitrogens with zero attached hydrogens (tertiary/aromatic N) is 1. The average Bonchev–Trinajstić information content (AvgIpc) is 2.25. The zero-order valence-corrected chi connectivity index (χ0v) is 14.3. The van der Waals surface area contributed by atoms with Gasteiger partial charge in [-0.1, -0.05) is 34.6 Å². The van der Waals surface area contributed by atoms with Gasteiger partial charge in [0, 0.05) is 23.6 Å². The van der Waals surface area contributed by atoms with E-state index in [2.05, 4.69) is 13.8 Å². The van der Waals surface area contributed by atoms with Crippen LogP contribution in [0.1, 0.15) is 41.5 Å². The van der Waals surface area contributed by atoms with Gasteiger partial charge in [-0.15, -0.1) is 0 Å². The maximum absolute atomic E-state index is 12.8. The van der Waals surface area contributed by atoms with Crippen molar-refractivity contribution in [2.75, 3.05) is 19.7 Å². The molecule has 3 unspecified atom stereocenters. The van der Waals surface area contributed by atoms with E-state index in [-0.39, 0.29) is 5.91 Å². The van der Waals surface area contributed by atoms with Crippen molar-refractivity contribution in [2.45, 2.75) is 52.0 Å². The first-order valence-corrected chi connectivity index (χ1v) is 8.22. The molecule has 1 fully saturated rings. The van der Waals surface area contributed by atoms with E-state index in [1.54, 1.807) is 6.92 Å². The molecule has 0 bridgehead atoms. The third-order valence-corrected chi connectivity index (χ3v) is 4.59. The molecule has 1 saturated heterocycles. The standard InChI is InChI=1S/C15H27NO3S/c1-7-19-14(18)12(15(4,5)6)13(17)16-8-10(2)20-11(3)9-16/h10-12H,7-9H2,1-6H3. The molecule has 20 heavy (non-hydrogen) atoms. The van der Waals surface area contributed by atoms with Crippen molar-refractivity contribution in [3.8, 4) is 0 Å². The van der Waals surface area contributed by atoms with Gasteiger partial charge in [-0.2, -0.15) is 11.8 Å². The first-order valence-electron chi connectivity index (χ1n) is 7.27. The molecule has 0 aromatic rings. The number of carbonyl (C=O) groups is 2. The molecule has 0 radical (unpaired) electrons. The number of amides is 1. The highest BCUT2D eigenvalue weighted by atomic mass is 32.2. The van der Waals surface area contributed by atoms with Crippen LogP contribution in [0.5, 0.6) is 0 Å². The van der Waals surface area contributed by atoms with Gasteiger partial charge in [0.25, 0.3) is 0 Å². The van der Waals surface area contributed by atoms with Gasteiger partial charge in [0.05, 0.1) is 6.61 Å². The van der Waals surface area contributed by atoms with Gasteiger partial charge in [0.1, 0.15) is 5.92 Å². The van der Waals surface area contributed by atoms with Crippen molar-refractivity contribution >= 4 is 23.6 Å². The molecule has 1 amide bonds. The van der Waals surface area contributed by atoms with Crippen LogP contribution in [0.15, 0.2) is 0 Å². The topological polar surface area (TPSA) is 46.6 Å². The number of esters is 1. The van der Waals surface area contributed by atoms with Crippen LogP contribution in [0.3, 0.4) is 0 Å². The second-order valence-corrected chi connectivity index (χ2v) is 8.43. The first-order chi connectivity index (χ1) is 9.16. The number of hydrogen-bond acceptors (Lipinski definition) is 4. The van der Waals surface area contributed by atoms with Crippen LogP contribution in [0.25, 0.3) is 0 Å². The van der Waals surface area contributed by atoms with Gasteiger partial charge in [-0.05, 0) is 12.3 Å². The molecule has 4 nitrogen and oxygen atoms in total. The zero-order chi connectivity index (χ0) is 15.5. The van der Waals surface area contributed by atoms with Crippen molar-refractivity contribution in [1.82, 2.24) is 4.90 Å². The zero-order valence-electron chi connectivity index (χ0n) is 13.4. The van der Waals surface area contributed by atoms with Crippen molar-refractivity contribution in [2.24, 2.45) is 11.3 Å². The summed E-state index contributed by atoms with van der Waals surface area (Å²) in [5.74, 6) is -1.21. The molecule has 1 rings (SSSR count). The maximum atomic E-state index is 12.8. The fourth-order valence-corrected chi connectivity index (χ4v) is 3.92. The van der Waals surface area contributed by atoms with Crippen molar-refractivity contribution < 1.29 is 14.3 Å². The molecule has 0 N–H and O–H groups in total. The first kappa shape index (κ1) is 17.3. The van der Waals surface area contributed by atoms with E-state index >= 15 is 0 Å². The van der Waals surface area contributed by atoms with E-state index < -0.39 is 17.3 Å². The van der Waals surface area contributed by atoms with Crippen LogP contribution >= 0.6 is 11.8 Å². The molecular formula is C15H27NO3S. The van der Waals surface area contributed by atoms with Crippen molar-refractivity contribution in [1.29, 1.82) is 0 Å². The normalized spacial score (nSPS) is 25.2. The second-order valence-electron chi connectivity index (χ2n) is 6.55. The summed E-state index contributed by atoms with van der Waals surface area (Å²) < 4.78 is 5.10. The lowest BCUT2D eigenvalue weighted by Gasteiger charge is -2.38. The minimum absolute atomic E-state index is 0.0880. The largest absolute Gasteiger partial charge is 0.465 e. The van der Waals surface area contributed by atoms with Crippen molar-refractivity contribution in [3.63, 3.8) is 0 Å². The lowest BCUT2D eigenvalue weighted by molar-refractivity contribution is -0.160. The van der Waals surface area contributed by atoms with Gasteiger partial charge < -0.3 is 9.64 Å². The van der Waals surface area contributed by atoms with Crippen LogP contribution in [0.2, 0.25) is 0 Å². The Morgan fingerprint density at radius 1 is 1.25 bits per heavy atom. The van der Waals surface area contributed by atoms with Gasteiger partial charge in [0.15, 0.2) is 0 Å². The molecular weight excluding hydrogens is 274 g/mol. The third kappa shape index (κ3) is 4.40. The predicted octanol–water partition coefficient (Wildman–Crippen LogP) is 2.56. The predicted molar refractivity (Wildman–Crippen MR) is 82.7 cm³/mol. The minimum atomic E-state index is -0.718. The number of rotatable bonds is 3. The van der Waals surface area contributed by atoms with Crippen LogP contribution in [-0.4, -0.2) is 47.0 Å². The highest BCUT2D eigenvalue weighted by Gasteiger charge is 2.42. The third-order valence-electron chi connectivity index (χ3n) is 3.37. The lowest BCUT2D eigenvalue weighted by atomic mass is 9.79. The Bertz CT molecular complexity index is 355. The number of hydrogen-bond donors (Lipinski definition) is 0. The molecule has 1 heterocycles. The summed E-state index contributed by atoms with van der Waals surface area (Å²) in [5.41, 5.74) is -0.430. The summed E-state index contributed by atoms with van der Waals surface area (Å²) in [6.07, 6.45) is 0. The van der Waals surface area contributed by atoms with Gasteiger partial charge >= 0.3 is 5.97 Å². The second kappa shape index (κ2) is 6.83. The van der Waals surface area contributed by atoms with Gasteiger partial charge in [-0.25, -0.2) is 0 Å². The fraction of sp³-hybridized carbons (Fsp3) is 0.867. The Labute approximate surface area is 126 Å². The number of ether oxygens (including phenoxy) is 1. The summed E-state index contributed by atoms with van der Waals surface area (Å²) in [5, 5.41) is 0.816. The SMILES string of the molecule is CCOC(=O)C(C(=O)N1CC(C)SC(C)C1)C(C)(C)C. The Hall–Kier alpha value is -0.710. The minimum Gasteiger partial charge on any atom is -0.465 e. The summed E-state index contributed by atoms with van der Waals surface area (Å²) >= 11 is 1.89. The summed E-state index contributed by atoms with van der Waals surface area (Å²) in [4.78, 5) is 26.8. The highest BCUT2D eigenvalue weighted by Crippen LogP contribution is 2.32. The quantitative estimate of drug-likeness (QED) is 0.594. The number of carbonyl (C=O) groups excluding carboxylic acids is 2. The molecule has 0 aromatic carbocycles. The molecule has 3 atom stereocenters. The summed E-state index contributed by atoms with van der Waals surface area (Å²) in [6, 6.07) is 0. The molecule has 5 heteroatoms. The maximum Gasteiger partial charge on any atom is 0.319 e. The Morgan fingerprint density at radius 3 is 2.15 bits per heavy atom. The van der Waals surface area contributed by atoms with E-state index in [1.807, 2.05) is 37.4 Å².